The monoisotopic (exact) mass is 774 g/mol. The molecule has 58 heavy (non-hydrogen) atoms. The van der Waals surface area contributed by atoms with Crippen molar-refractivity contribution >= 4 is 29.0 Å². The molecule has 4 aliphatic heterocycles. The first-order valence-corrected chi connectivity index (χ1v) is 20.0. The molecule has 296 valence electrons. The van der Waals surface area contributed by atoms with Gasteiger partial charge in [-0.05, 0) is 113 Å². The van der Waals surface area contributed by atoms with E-state index in [1.165, 1.54) is 12.1 Å². The molecule has 6 aromatic heterocycles. The van der Waals surface area contributed by atoms with E-state index in [-0.39, 0.29) is 24.2 Å². The van der Waals surface area contributed by atoms with E-state index >= 15 is 0 Å². The molecule has 6 aromatic rings. The molecule has 13 nitrogen and oxygen atoms in total. The zero-order chi connectivity index (χ0) is 40.2. The highest BCUT2D eigenvalue weighted by molar-refractivity contribution is 5.97. The third-order valence-corrected chi connectivity index (χ3v) is 10.9. The van der Waals surface area contributed by atoms with Crippen molar-refractivity contribution in [1.82, 2.24) is 35.2 Å². The van der Waals surface area contributed by atoms with Gasteiger partial charge >= 0.3 is 6.03 Å². The van der Waals surface area contributed by atoms with E-state index in [9.17, 15) is 4.79 Å². The number of hydrogen-bond donors (Lipinski definition) is 3. The van der Waals surface area contributed by atoms with Gasteiger partial charge in [-0.15, -0.1) is 0 Å². The number of nitrogens with one attached hydrogen (secondary N) is 2. The molecular weight excluding hydrogens is 725 g/mol. The molecule has 0 radical (unpaired) electrons. The SMILES string of the molecule is C[C@H](N)c1ccccn1.Cc1cc(-c2ccc3c(n2)N(C(=O)N[C@@H](C)c2ccccn2)[C@H]2CCN3C2)ccn1.Cc1cc(-c2ccc3c(n2)N[C@H]2CCN3C2)ccn1. The van der Waals surface area contributed by atoms with Crippen LogP contribution >= 0.6 is 0 Å². The second kappa shape index (κ2) is 16.9. The van der Waals surface area contributed by atoms with Gasteiger partial charge in [-0.1, -0.05) is 12.1 Å². The number of nitrogens with zero attached hydrogens (tertiary/aromatic N) is 9. The smallest absolute Gasteiger partial charge is 0.323 e. The number of hydrogen-bond acceptors (Lipinski definition) is 11. The van der Waals surface area contributed by atoms with Crippen molar-refractivity contribution in [1.29, 1.82) is 0 Å². The Balaban J connectivity index is 0.000000142. The standard InChI is InChI=1S/C23H24N6O.C15H16N4.C7H10N2/c1-15-13-17(8-11-24-15)20-6-7-21-22(27-20)29(18-9-12-28(21)14-18)23(30)26-16(2)19-5-3-4-10-25-19;1-10-8-11(4-6-16-10)13-2-3-14-15(18-13)17-12-5-7-19(14)9-12;1-6(8)7-4-2-3-5-9-7/h3-8,10-11,13,16,18H,9,12,14H2,1-2H3,(H,26,30);2-4,6,8,12H,5,7,9H2,1H3,(H,17,18);2-6H,8H2,1H3/t16-,18-;12-;6-/m000/s1. The van der Waals surface area contributed by atoms with Crippen LogP contribution in [0.5, 0.6) is 0 Å². The Bertz CT molecular complexity index is 2360. The summed E-state index contributed by atoms with van der Waals surface area (Å²) in [6.45, 7) is 11.9. The lowest BCUT2D eigenvalue weighted by molar-refractivity contribution is 0.241. The van der Waals surface area contributed by atoms with Crippen molar-refractivity contribution in [3.05, 3.63) is 132 Å². The highest BCUT2D eigenvalue weighted by Gasteiger charge is 2.40. The fourth-order valence-electron chi connectivity index (χ4n) is 7.91. The molecule has 0 aromatic carbocycles. The number of amides is 2. The Morgan fingerprint density at radius 1 is 0.724 bits per heavy atom. The molecule has 0 saturated carbocycles. The summed E-state index contributed by atoms with van der Waals surface area (Å²) in [4.78, 5) is 46.6. The van der Waals surface area contributed by atoms with Crippen LogP contribution in [-0.4, -0.2) is 74.2 Å². The lowest BCUT2D eigenvalue weighted by Crippen LogP contribution is -2.51. The summed E-state index contributed by atoms with van der Waals surface area (Å²) in [7, 11) is 0. The van der Waals surface area contributed by atoms with Gasteiger partial charge in [0.05, 0.1) is 46.2 Å². The first kappa shape index (κ1) is 38.4. The minimum absolute atomic E-state index is 0.0474. The zero-order valence-corrected chi connectivity index (χ0v) is 33.5. The van der Waals surface area contributed by atoms with Gasteiger partial charge in [-0.3, -0.25) is 24.8 Å². The van der Waals surface area contributed by atoms with Crippen LogP contribution in [0.15, 0.2) is 110 Å². The Hall–Kier alpha value is -6.47. The van der Waals surface area contributed by atoms with Crippen LogP contribution in [0.2, 0.25) is 0 Å². The van der Waals surface area contributed by atoms with E-state index in [1.807, 2.05) is 99.5 Å². The first-order chi connectivity index (χ1) is 28.2. The van der Waals surface area contributed by atoms with E-state index in [0.717, 1.165) is 95.2 Å². The molecule has 0 spiro atoms. The van der Waals surface area contributed by atoms with Crippen LogP contribution in [-0.2, 0) is 0 Å². The van der Waals surface area contributed by atoms with Gasteiger partial charge in [0.25, 0.3) is 0 Å². The minimum atomic E-state index is -0.187. The highest BCUT2D eigenvalue weighted by Crippen LogP contribution is 2.40. The van der Waals surface area contributed by atoms with Crippen molar-refractivity contribution in [2.24, 2.45) is 5.73 Å². The second-order valence-electron chi connectivity index (χ2n) is 15.3. The second-order valence-corrected chi connectivity index (χ2v) is 15.3. The summed E-state index contributed by atoms with van der Waals surface area (Å²) in [5.41, 5.74) is 15.5. The molecule has 2 saturated heterocycles. The van der Waals surface area contributed by atoms with Gasteiger partial charge in [-0.25, -0.2) is 14.8 Å². The topological polar surface area (TPSA) is 154 Å². The van der Waals surface area contributed by atoms with Crippen LogP contribution < -0.4 is 31.1 Å². The van der Waals surface area contributed by atoms with Crippen molar-refractivity contribution in [3.63, 3.8) is 0 Å². The van der Waals surface area contributed by atoms with Gasteiger partial charge in [-0.2, -0.15) is 0 Å². The quantitative estimate of drug-likeness (QED) is 0.162. The predicted octanol–water partition coefficient (Wildman–Crippen LogP) is 7.27. The maximum Gasteiger partial charge on any atom is 0.323 e. The first-order valence-electron chi connectivity index (χ1n) is 20.0. The summed E-state index contributed by atoms with van der Waals surface area (Å²) in [6, 6.07) is 28.3. The Kier molecular flexibility index (Phi) is 11.2. The third-order valence-electron chi connectivity index (χ3n) is 10.9. The van der Waals surface area contributed by atoms with E-state index in [4.69, 9.17) is 15.7 Å². The van der Waals surface area contributed by atoms with E-state index < -0.39 is 0 Å². The molecule has 10 heterocycles. The normalized spacial score (nSPS) is 18.0. The van der Waals surface area contributed by atoms with Gasteiger partial charge in [0.1, 0.15) is 0 Å². The van der Waals surface area contributed by atoms with Crippen molar-refractivity contribution in [2.75, 3.05) is 46.2 Å². The molecular formula is C45H50N12O. The maximum atomic E-state index is 13.4. The number of pyridine rings is 6. The summed E-state index contributed by atoms with van der Waals surface area (Å²) < 4.78 is 0. The van der Waals surface area contributed by atoms with Crippen molar-refractivity contribution in [3.8, 4) is 22.5 Å². The molecule has 10 rings (SSSR count). The van der Waals surface area contributed by atoms with Gasteiger partial charge in [0.15, 0.2) is 11.6 Å². The minimum Gasteiger partial charge on any atom is -0.366 e. The maximum absolute atomic E-state index is 13.4. The van der Waals surface area contributed by atoms with Crippen LogP contribution in [0, 0.1) is 13.8 Å². The van der Waals surface area contributed by atoms with Crippen molar-refractivity contribution < 1.29 is 4.79 Å². The van der Waals surface area contributed by atoms with Crippen LogP contribution in [0.25, 0.3) is 22.5 Å². The van der Waals surface area contributed by atoms with Crippen LogP contribution in [0.3, 0.4) is 0 Å². The average molecular weight is 775 g/mol. The number of fused-ring (bicyclic) bond motifs is 8. The number of carbonyl (C=O) groups excluding carboxylic acids is 1. The fourth-order valence-corrected chi connectivity index (χ4v) is 7.91. The summed E-state index contributed by atoms with van der Waals surface area (Å²) in [5, 5.41) is 6.66. The number of carbonyl (C=O) groups is 1. The molecule has 13 heteroatoms. The number of nitrogens with two attached hydrogens (primary N) is 1. The summed E-state index contributed by atoms with van der Waals surface area (Å²) >= 11 is 0. The molecule has 0 aliphatic carbocycles. The highest BCUT2D eigenvalue weighted by atomic mass is 16.2. The number of urea groups is 1. The summed E-state index contributed by atoms with van der Waals surface area (Å²) in [6.07, 6.45) is 9.27. The molecule has 4 atom stereocenters. The average Bonchev–Trinajstić information content (AvgIpc) is 3.85. The van der Waals surface area contributed by atoms with Crippen molar-refractivity contribution in [2.45, 2.75) is 64.7 Å². The number of aryl methyl sites for hydroxylation is 2. The van der Waals surface area contributed by atoms with Crippen LogP contribution in [0.1, 0.15) is 61.5 Å². The number of rotatable bonds is 5. The number of aromatic nitrogens is 6. The molecule has 4 N–H and O–H groups in total. The zero-order valence-electron chi connectivity index (χ0n) is 33.5. The molecule has 2 amide bonds. The van der Waals surface area contributed by atoms with E-state index in [1.54, 1.807) is 18.6 Å². The Morgan fingerprint density at radius 2 is 1.34 bits per heavy atom. The van der Waals surface area contributed by atoms with Gasteiger partial charge in [0, 0.05) is 85.6 Å². The van der Waals surface area contributed by atoms with E-state index in [0.29, 0.717) is 6.04 Å². The molecule has 2 fully saturated rings. The lowest BCUT2D eigenvalue weighted by Gasteiger charge is -2.36. The lowest BCUT2D eigenvalue weighted by atomic mass is 10.1. The molecule has 4 bridgehead atoms. The van der Waals surface area contributed by atoms with E-state index in [2.05, 4.69) is 64.6 Å². The Morgan fingerprint density at radius 3 is 1.97 bits per heavy atom. The largest absolute Gasteiger partial charge is 0.366 e. The molecule has 4 aliphatic rings. The third kappa shape index (κ3) is 8.44. The predicted molar refractivity (Wildman–Crippen MR) is 230 cm³/mol. The molecule has 0 unspecified atom stereocenters. The van der Waals surface area contributed by atoms with Gasteiger partial charge in [0.2, 0.25) is 0 Å². The van der Waals surface area contributed by atoms with Gasteiger partial charge < -0.3 is 26.2 Å². The Labute approximate surface area is 339 Å². The van der Waals surface area contributed by atoms with Crippen LogP contribution in [0.4, 0.5) is 27.8 Å². The number of anilines is 4. The fraction of sp³-hybridized carbons (Fsp3) is 0.311. The summed E-state index contributed by atoms with van der Waals surface area (Å²) in [5.74, 6) is 1.75.